The van der Waals surface area contributed by atoms with Gasteiger partial charge < -0.3 is 9.40 Å². The lowest BCUT2D eigenvalue weighted by atomic mass is 10.2. The Labute approximate surface area is 176 Å². The quantitative estimate of drug-likeness (QED) is 0.384. The second-order valence-corrected chi connectivity index (χ2v) is 9.22. The summed E-state index contributed by atoms with van der Waals surface area (Å²) in [4.78, 5) is 26.1. The largest absolute Gasteiger partial charge is 0.411 e. The zero-order chi connectivity index (χ0) is 19.8. The highest BCUT2D eigenvalue weighted by Gasteiger charge is 2.19. The Kier molecular flexibility index (Phi) is 4.74. The molecule has 5 aromatic rings. The van der Waals surface area contributed by atoms with Gasteiger partial charge in [0.1, 0.15) is 10.7 Å². The number of hydrogen-bond donors (Lipinski definition) is 1. The molecule has 5 aromatic heterocycles. The van der Waals surface area contributed by atoms with E-state index in [-0.39, 0.29) is 10.8 Å². The van der Waals surface area contributed by atoms with Gasteiger partial charge in [0.2, 0.25) is 5.89 Å². The van der Waals surface area contributed by atoms with Gasteiger partial charge in [-0.05, 0) is 30.5 Å². The lowest BCUT2D eigenvalue weighted by Gasteiger charge is -2.07. The van der Waals surface area contributed by atoms with Crippen molar-refractivity contribution in [2.75, 3.05) is 0 Å². The molecule has 5 rings (SSSR count). The van der Waals surface area contributed by atoms with Crippen molar-refractivity contribution >= 4 is 44.7 Å². The number of nitrogens with zero attached hydrogens (tertiary/aromatic N) is 4. The standard InChI is InChI=1S/C19H13N5O2S3/c1-10(29-19-24-23-17(26-19)11-4-6-20-7-5-11)15-21-16(25)14-12(9-28-18(14)22-15)13-3-2-8-27-13/h2-10H,1H3,(H,21,22,25). The Bertz CT molecular complexity index is 1330. The zero-order valence-electron chi connectivity index (χ0n) is 15.0. The first kappa shape index (κ1) is 18.2. The first-order valence-electron chi connectivity index (χ1n) is 8.65. The number of fused-ring (bicyclic) bond motifs is 1. The first-order chi connectivity index (χ1) is 14.2. The molecule has 0 spiro atoms. The fourth-order valence-electron chi connectivity index (χ4n) is 2.85. The normalized spacial score (nSPS) is 12.4. The molecule has 0 saturated carbocycles. The fourth-order valence-corrected chi connectivity index (χ4v) is 5.36. The van der Waals surface area contributed by atoms with Gasteiger partial charge in [0, 0.05) is 33.8 Å². The molecule has 0 radical (unpaired) electrons. The molecule has 29 heavy (non-hydrogen) atoms. The molecular formula is C19H13N5O2S3. The minimum absolute atomic E-state index is 0.134. The van der Waals surface area contributed by atoms with Crippen molar-refractivity contribution in [2.45, 2.75) is 17.4 Å². The number of thiophene rings is 2. The van der Waals surface area contributed by atoms with Crippen molar-refractivity contribution in [2.24, 2.45) is 0 Å². The molecule has 0 saturated heterocycles. The van der Waals surface area contributed by atoms with E-state index in [1.54, 1.807) is 35.9 Å². The Balaban J connectivity index is 1.42. The number of H-pyrrole nitrogens is 1. The van der Waals surface area contributed by atoms with Crippen LogP contribution in [-0.2, 0) is 0 Å². The van der Waals surface area contributed by atoms with Crippen LogP contribution in [0.3, 0.4) is 0 Å². The highest BCUT2D eigenvalue weighted by atomic mass is 32.2. The van der Waals surface area contributed by atoms with E-state index in [9.17, 15) is 4.79 Å². The van der Waals surface area contributed by atoms with Gasteiger partial charge in [-0.1, -0.05) is 17.8 Å². The van der Waals surface area contributed by atoms with Crippen molar-refractivity contribution in [3.63, 3.8) is 0 Å². The van der Waals surface area contributed by atoms with Crippen molar-refractivity contribution in [3.8, 4) is 21.9 Å². The van der Waals surface area contributed by atoms with Crippen LogP contribution >= 0.6 is 34.4 Å². The number of thioether (sulfide) groups is 1. The third-order valence-corrected chi connectivity index (χ3v) is 6.96. The van der Waals surface area contributed by atoms with Crippen LogP contribution in [0.4, 0.5) is 0 Å². The van der Waals surface area contributed by atoms with Crippen LogP contribution in [0.2, 0.25) is 0 Å². The van der Waals surface area contributed by atoms with Crippen molar-refractivity contribution < 1.29 is 4.42 Å². The van der Waals surface area contributed by atoms with Crippen LogP contribution in [-0.4, -0.2) is 25.1 Å². The Morgan fingerprint density at radius 2 is 2.03 bits per heavy atom. The van der Waals surface area contributed by atoms with E-state index in [4.69, 9.17) is 4.42 Å². The van der Waals surface area contributed by atoms with E-state index >= 15 is 0 Å². The topological polar surface area (TPSA) is 97.6 Å². The molecule has 1 unspecified atom stereocenters. The molecule has 7 nitrogen and oxygen atoms in total. The molecule has 0 bridgehead atoms. The Morgan fingerprint density at radius 3 is 2.83 bits per heavy atom. The molecule has 1 atom stereocenters. The van der Waals surface area contributed by atoms with Crippen LogP contribution in [0.25, 0.3) is 32.1 Å². The van der Waals surface area contributed by atoms with Crippen LogP contribution in [0.15, 0.2) is 61.9 Å². The molecule has 5 heterocycles. The highest BCUT2D eigenvalue weighted by molar-refractivity contribution is 7.99. The van der Waals surface area contributed by atoms with E-state index in [1.165, 1.54) is 23.1 Å². The van der Waals surface area contributed by atoms with E-state index in [0.29, 0.717) is 22.3 Å². The molecule has 1 N–H and O–H groups in total. The molecular weight excluding hydrogens is 426 g/mol. The van der Waals surface area contributed by atoms with Gasteiger partial charge in [0.05, 0.1) is 10.6 Å². The van der Waals surface area contributed by atoms with Crippen LogP contribution in [0.1, 0.15) is 18.0 Å². The number of aromatic amines is 1. The summed E-state index contributed by atoms with van der Waals surface area (Å²) >= 11 is 4.43. The summed E-state index contributed by atoms with van der Waals surface area (Å²) in [7, 11) is 0. The lowest BCUT2D eigenvalue weighted by molar-refractivity contribution is 0.465. The maximum absolute atomic E-state index is 12.8. The molecule has 0 fully saturated rings. The van der Waals surface area contributed by atoms with Crippen LogP contribution in [0.5, 0.6) is 0 Å². The zero-order valence-corrected chi connectivity index (χ0v) is 17.5. The van der Waals surface area contributed by atoms with Crippen molar-refractivity contribution in [1.29, 1.82) is 0 Å². The highest BCUT2D eigenvalue weighted by Crippen LogP contribution is 2.36. The number of rotatable bonds is 5. The average Bonchev–Trinajstić information content (AvgIpc) is 3.49. The second kappa shape index (κ2) is 7.54. The molecule has 0 amide bonds. The van der Waals surface area contributed by atoms with Crippen LogP contribution < -0.4 is 5.56 Å². The predicted molar refractivity (Wildman–Crippen MR) is 115 cm³/mol. The van der Waals surface area contributed by atoms with E-state index in [1.807, 2.05) is 29.8 Å². The lowest BCUT2D eigenvalue weighted by Crippen LogP contribution is -2.12. The number of nitrogens with one attached hydrogen (secondary N) is 1. The minimum Gasteiger partial charge on any atom is -0.411 e. The monoisotopic (exact) mass is 439 g/mol. The Hall–Kier alpha value is -2.82. The van der Waals surface area contributed by atoms with Gasteiger partial charge in [-0.3, -0.25) is 9.78 Å². The molecule has 0 aromatic carbocycles. The van der Waals surface area contributed by atoms with Gasteiger partial charge in [-0.2, -0.15) is 0 Å². The summed E-state index contributed by atoms with van der Waals surface area (Å²) < 4.78 is 5.73. The first-order valence-corrected chi connectivity index (χ1v) is 11.3. The molecule has 0 aliphatic heterocycles. The molecule has 0 aliphatic carbocycles. The van der Waals surface area contributed by atoms with Gasteiger partial charge in [-0.15, -0.1) is 32.9 Å². The Morgan fingerprint density at radius 1 is 1.17 bits per heavy atom. The fraction of sp³-hybridized carbons (Fsp3) is 0.105. The average molecular weight is 440 g/mol. The van der Waals surface area contributed by atoms with E-state index in [0.717, 1.165) is 20.8 Å². The number of pyridine rings is 1. The third-order valence-electron chi connectivity index (χ3n) is 4.25. The van der Waals surface area contributed by atoms with Gasteiger partial charge >= 0.3 is 0 Å². The van der Waals surface area contributed by atoms with E-state index < -0.39 is 0 Å². The summed E-state index contributed by atoms with van der Waals surface area (Å²) in [6.45, 7) is 1.94. The summed E-state index contributed by atoms with van der Waals surface area (Å²) in [5.41, 5.74) is 1.60. The van der Waals surface area contributed by atoms with Crippen molar-refractivity contribution in [3.05, 3.63) is 63.6 Å². The van der Waals surface area contributed by atoms with Gasteiger partial charge in [0.15, 0.2) is 0 Å². The van der Waals surface area contributed by atoms with Crippen LogP contribution in [0, 0.1) is 0 Å². The second-order valence-electron chi connectivity index (χ2n) is 6.13. The third kappa shape index (κ3) is 3.50. The number of aromatic nitrogens is 5. The van der Waals surface area contributed by atoms with Gasteiger partial charge in [0.25, 0.3) is 10.8 Å². The summed E-state index contributed by atoms with van der Waals surface area (Å²) in [6.07, 6.45) is 3.34. The van der Waals surface area contributed by atoms with Gasteiger partial charge in [-0.25, -0.2) is 4.98 Å². The maximum Gasteiger partial charge on any atom is 0.277 e. The van der Waals surface area contributed by atoms with Crippen molar-refractivity contribution in [1.82, 2.24) is 25.1 Å². The SMILES string of the molecule is CC(Sc1nnc(-c2ccncc2)o1)c1nc2scc(-c3cccs3)c2c(=O)[nH]1. The molecule has 144 valence electrons. The summed E-state index contributed by atoms with van der Waals surface area (Å²) in [5.74, 6) is 1.01. The predicted octanol–water partition coefficient (Wildman–Crippen LogP) is 5.01. The smallest absolute Gasteiger partial charge is 0.277 e. The minimum atomic E-state index is -0.162. The summed E-state index contributed by atoms with van der Waals surface area (Å²) in [5, 5.41) is 13.0. The molecule has 0 aliphatic rings. The summed E-state index contributed by atoms with van der Waals surface area (Å²) in [6, 6.07) is 7.59. The molecule has 10 heteroatoms. The van der Waals surface area contributed by atoms with E-state index in [2.05, 4.69) is 25.1 Å². The maximum atomic E-state index is 12.8. The number of hydrogen-bond acceptors (Lipinski definition) is 9.